The van der Waals surface area contributed by atoms with Crippen LogP contribution in [0.5, 0.6) is 5.75 Å². The summed E-state index contributed by atoms with van der Waals surface area (Å²) < 4.78 is 25.6. The number of aromatic nitrogens is 2. The molecule has 5 aromatic rings. The van der Waals surface area contributed by atoms with E-state index < -0.39 is 0 Å². The van der Waals surface area contributed by atoms with E-state index in [4.69, 9.17) is 20.8 Å². The summed E-state index contributed by atoms with van der Waals surface area (Å²) >= 11 is 8.34. The normalized spacial score (nSPS) is 12.2. The first-order chi connectivity index (χ1) is 19.4. The second-order valence-corrected chi connectivity index (χ2v) is 11.0. The molecular weight excluding hydrogens is 547 g/mol. The Morgan fingerprint density at radius 2 is 1.93 bits per heavy atom. The fourth-order valence-electron chi connectivity index (χ4n) is 4.50. The number of halogens is 2. The minimum absolute atomic E-state index is 0.213. The van der Waals surface area contributed by atoms with E-state index in [1.54, 1.807) is 24.3 Å². The molecule has 6 nitrogen and oxygen atoms in total. The molecule has 5 rings (SSSR count). The molecule has 0 aliphatic rings. The van der Waals surface area contributed by atoms with Gasteiger partial charge in [-0.2, -0.15) is 11.8 Å². The lowest BCUT2D eigenvalue weighted by atomic mass is 10.1. The molecule has 0 bridgehead atoms. The average molecular weight is 577 g/mol. The predicted octanol–water partition coefficient (Wildman–Crippen LogP) is 8.36. The summed E-state index contributed by atoms with van der Waals surface area (Å²) in [6.07, 6.45) is 4.66. The van der Waals surface area contributed by atoms with Crippen molar-refractivity contribution in [2.75, 3.05) is 31.4 Å². The Morgan fingerprint density at radius 3 is 2.70 bits per heavy atom. The third kappa shape index (κ3) is 6.58. The molecule has 1 N–H and O–H groups in total. The smallest absolute Gasteiger partial charge is 0.141 e. The van der Waals surface area contributed by atoms with Crippen molar-refractivity contribution in [2.24, 2.45) is 0 Å². The predicted molar refractivity (Wildman–Crippen MR) is 162 cm³/mol. The standard InChI is InChI=1S/C31H30ClFN4O2S/c1-37(2)27(13-14-40-3)30-12-11-28(39-30)21-7-9-26-24(16-21)31(35-19-34-26)36-23-8-10-29(25(32)17-23)38-18-20-5-4-6-22(33)15-20/h4-12,15-17,19,27H,13-14,18H2,1-3H3,(H,34,35,36). The Balaban J connectivity index is 1.36. The Morgan fingerprint density at radius 1 is 1.05 bits per heavy atom. The van der Waals surface area contributed by atoms with Gasteiger partial charge in [0.25, 0.3) is 0 Å². The van der Waals surface area contributed by atoms with E-state index in [9.17, 15) is 4.39 Å². The zero-order valence-corrected chi connectivity index (χ0v) is 24.1. The molecule has 2 heterocycles. The zero-order valence-electron chi connectivity index (χ0n) is 22.5. The number of furan rings is 1. The summed E-state index contributed by atoms with van der Waals surface area (Å²) in [6, 6.07) is 22.0. The van der Waals surface area contributed by atoms with Crippen LogP contribution in [-0.2, 0) is 6.61 Å². The van der Waals surface area contributed by atoms with Gasteiger partial charge in [-0.15, -0.1) is 0 Å². The van der Waals surface area contributed by atoms with Gasteiger partial charge in [0.1, 0.15) is 41.8 Å². The molecule has 0 amide bonds. The minimum Gasteiger partial charge on any atom is -0.487 e. The molecular formula is C31H30ClFN4O2S. The van der Waals surface area contributed by atoms with E-state index in [1.807, 2.05) is 42.1 Å². The van der Waals surface area contributed by atoms with Gasteiger partial charge in [0.15, 0.2) is 0 Å². The van der Waals surface area contributed by atoms with Crippen LogP contribution in [0.15, 0.2) is 83.5 Å². The molecule has 1 unspecified atom stereocenters. The van der Waals surface area contributed by atoms with Crippen molar-refractivity contribution in [3.8, 4) is 17.1 Å². The van der Waals surface area contributed by atoms with Crippen LogP contribution < -0.4 is 10.1 Å². The molecule has 0 saturated heterocycles. The van der Waals surface area contributed by atoms with Crippen molar-refractivity contribution >= 4 is 45.8 Å². The number of nitrogens with zero attached hydrogens (tertiary/aromatic N) is 3. The molecule has 0 aliphatic carbocycles. The van der Waals surface area contributed by atoms with E-state index >= 15 is 0 Å². The number of rotatable bonds is 11. The molecule has 0 aliphatic heterocycles. The van der Waals surface area contributed by atoms with Gasteiger partial charge >= 0.3 is 0 Å². The van der Waals surface area contributed by atoms with E-state index in [0.717, 1.165) is 51.4 Å². The van der Waals surface area contributed by atoms with Gasteiger partial charge in [-0.3, -0.25) is 4.90 Å². The highest BCUT2D eigenvalue weighted by molar-refractivity contribution is 7.98. The number of fused-ring (bicyclic) bond motifs is 1. The number of anilines is 2. The third-order valence-electron chi connectivity index (χ3n) is 6.57. The lowest BCUT2D eigenvalue weighted by Crippen LogP contribution is -2.20. The lowest BCUT2D eigenvalue weighted by Gasteiger charge is -2.21. The zero-order chi connectivity index (χ0) is 28.1. The number of thioether (sulfide) groups is 1. The quantitative estimate of drug-likeness (QED) is 0.169. The molecule has 206 valence electrons. The Hall–Kier alpha value is -3.59. The van der Waals surface area contributed by atoms with E-state index in [1.165, 1.54) is 18.5 Å². The molecule has 0 fully saturated rings. The topological polar surface area (TPSA) is 63.4 Å². The summed E-state index contributed by atoms with van der Waals surface area (Å²) in [5.41, 5.74) is 3.22. The van der Waals surface area contributed by atoms with Crippen molar-refractivity contribution in [2.45, 2.75) is 19.1 Å². The maximum Gasteiger partial charge on any atom is 0.141 e. The summed E-state index contributed by atoms with van der Waals surface area (Å²) in [5.74, 6) is 3.66. The highest BCUT2D eigenvalue weighted by atomic mass is 35.5. The second kappa shape index (κ2) is 12.7. The van der Waals surface area contributed by atoms with Gasteiger partial charge in [0.2, 0.25) is 0 Å². The summed E-state index contributed by atoms with van der Waals surface area (Å²) in [6.45, 7) is 0.213. The van der Waals surface area contributed by atoms with Gasteiger partial charge in [-0.25, -0.2) is 14.4 Å². The Kier molecular flexibility index (Phi) is 8.89. The van der Waals surface area contributed by atoms with Crippen molar-refractivity contribution in [3.63, 3.8) is 0 Å². The molecule has 40 heavy (non-hydrogen) atoms. The highest BCUT2D eigenvalue weighted by Gasteiger charge is 2.19. The summed E-state index contributed by atoms with van der Waals surface area (Å²) in [4.78, 5) is 11.1. The van der Waals surface area contributed by atoms with Crippen molar-refractivity contribution in [1.29, 1.82) is 0 Å². The molecule has 2 aromatic heterocycles. The summed E-state index contributed by atoms with van der Waals surface area (Å²) in [5, 5.41) is 4.64. The second-order valence-electron chi connectivity index (χ2n) is 9.61. The van der Waals surface area contributed by atoms with Crippen LogP contribution in [0, 0.1) is 5.82 Å². The Bertz CT molecular complexity index is 1610. The molecule has 0 spiro atoms. The molecule has 0 saturated carbocycles. The molecule has 9 heteroatoms. The van der Waals surface area contributed by atoms with Gasteiger partial charge in [-0.1, -0.05) is 23.7 Å². The lowest BCUT2D eigenvalue weighted by molar-refractivity contribution is 0.255. The number of nitrogens with one attached hydrogen (secondary N) is 1. The van der Waals surface area contributed by atoms with E-state index in [2.05, 4.69) is 46.6 Å². The number of benzene rings is 3. The van der Waals surface area contributed by atoms with Crippen LogP contribution in [-0.4, -0.2) is 41.0 Å². The van der Waals surface area contributed by atoms with Crippen LogP contribution >= 0.6 is 23.4 Å². The van der Waals surface area contributed by atoms with E-state index in [-0.39, 0.29) is 18.5 Å². The maximum atomic E-state index is 13.5. The van der Waals surface area contributed by atoms with Crippen LogP contribution in [0.2, 0.25) is 5.02 Å². The number of ether oxygens (including phenoxy) is 1. The number of hydrogen-bond acceptors (Lipinski definition) is 7. The van der Waals surface area contributed by atoms with Crippen LogP contribution in [0.3, 0.4) is 0 Å². The van der Waals surface area contributed by atoms with Crippen molar-refractivity contribution in [3.05, 3.63) is 101 Å². The highest BCUT2D eigenvalue weighted by Crippen LogP contribution is 2.34. The van der Waals surface area contributed by atoms with Crippen molar-refractivity contribution < 1.29 is 13.5 Å². The molecule has 1 atom stereocenters. The van der Waals surface area contributed by atoms with E-state index in [0.29, 0.717) is 16.6 Å². The molecule has 3 aromatic carbocycles. The fraction of sp³-hybridized carbons (Fsp3) is 0.226. The monoisotopic (exact) mass is 576 g/mol. The first-order valence-corrected chi connectivity index (χ1v) is 14.6. The number of hydrogen-bond donors (Lipinski definition) is 1. The summed E-state index contributed by atoms with van der Waals surface area (Å²) in [7, 11) is 4.15. The Labute approximate surface area is 242 Å². The van der Waals surface area contributed by atoms with Gasteiger partial charge < -0.3 is 14.5 Å². The largest absolute Gasteiger partial charge is 0.487 e. The SMILES string of the molecule is CSCCC(c1ccc(-c2ccc3ncnc(Nc4ccc(OCc5cccc(F)c5)c(Cl)c4)c3c2)o1)N(C)C. The van der Waals surface area contributed by atoms with Gasteiger partial charge in [0, 0.05) is 16.6 Å². The first-order valence-electron chi connectivity index (χ1n) is 12.9. The first kappa shape index (κ1) is 28.0. The van der Waals surface area contributed by atoms with Crippen molar-refractivity contribution in [1.82, 2.24) is 14.9 Å². The van der Waals surface area contributed by atoms with Gasteiger partial charge in [-0.05, 0) is 98.8 Å². The van der Waals surface area contributed by atoms with Crippen LogP contribution in [0.4, 0.5) is 15.9 Å². The average Bonchev–Trinajstić information content (AvgIpc) is 3.43. The minimum atomic E-state index is -0.302. The van der Waals surface area contributed by atoms with Crippen LogP contribution in [0.25, 0.3) is 22.2 Å². The molecule has 0 radical (unpaired) electrons. The third-order valence-corrected chi connectivity index (χ3v) is 7.51. The maximum absolute atomic E-state index is 13.5. The van der Waals surface area contributed by atoms with Gasteiger partial charge in [0.05, 0.1) is 16.6 Å². The van der Waals surface area contributed by atoms with Crippen LogP contribution in [0.1, 0.15) is 23.8 Å². The fourth-order valence-corrected chi connectivity index (χ4v) is 5.20.